The second-order valence-corrected chi connectivity index (χ2v) is 7.19. The van der Waals surface area contributed by atoms with Gasteiger partial charge in [-0.15, -0.1) is 0 Å². The summed E-state index contributed by atoms with van der Waals surface area (Å²) in [5.41, 5.74) is 2.87. The number of para-hydroxylation sites is 1. The summed E-state index contributed by atoms with van der Waals surface area (Å²) >= 11 is 0. The monoisotopic (exact) mass is 364 g/mol. The number of imidazole rings is 1. The molecule has 1 aliphatic heterocycles. The third-order valence-electron chi connectivity index (χ3n) is 5.28. The third kappa shape index (κ3) is 3.65. The number of amides is 1. The first-order chi connectivity index (χ1) is 13.1. The standard InChI is InChI=1S/C21H24N4O2/c1-15-6-3-4-8-18(15)27-14-20(26)25-11-9-16(13-25)12-19-23-17-7-5-10-22-21(17)24(19)2/h3-8,10,16H,9,11-14H2,1-2H3. The van der Waals surface area contributed by atoms with Crippen LogP contribution in [0.5, 0.6) is 5.75 Å². The van der Waals surface area contributed by atoms with Crippen molar-refractivity contribution in [1.82, 2.24) is 19.4 Å². The smallest absolute Gasteiger partial charge is 0.260 e. The molecule has 1 fully saturated rings. The number of likely N-dealkylation sites (tertiary alicyclic amines) is 1. The number of fused-ring (bicyclic) bond motifs is 1. The Hall–Kier alpha value is -2.89. The predicted molar refractivity (Wildman–Crippen MR) is 104 cm³/mol. The van der Waals surface area contributed by atoms with Crippen LogP contribution in [0.25, 0.3) is 11.2 Å². The summed E-state index contributed by atoms with van der Waals surface area (Å²) in [4.78, 5) is 23.5. The molecular weight excluding hydrogens is 340 g/mol. The van der Waals surface area contributed by atoms with Crippen molar-refractivity contribution in [3.8, 4) is 5.75 Å². The lowest BCUT2D eigenvalue weighted by Gasteiger charge is -2.17. The fraction of sp³-hybridized carbons (Fsp3) is 0.381. The molecule has 1 atom stereocenters. The minimum absolute atomic E-state index is 0.0485. The number of carbonyl (C=O) groups excluding carboxylic acids is 1. The Kier molecular flexibility index (Phi) is 4.79. The van der Waals surface area contributed by atoms with E-state index in [-0.39, 0.29) is 12.5 Å². The van der Waals surface area contributed by atoms with Gasteiger partial charge in [0.2, 0.25) is 0 Å². The first-order valence-electron chi connectivity index (χ1n) is 9.34. The molecule has 1 aliphatic rings. The molecule has 1 unspecified atom stereocenters. The van der Waals surface area contributed by atoms with Gasteiger partial charge < -0.3 is 14.2 Å². The molecule has 0 N–H and O–H groups in total. The van der Waals surface area contributed by atoms with E-state index in [1.54, 1.807) is 6.20 Å². The average Bonchev–Trinajstić information content (AvgIpc) is 3.27. The Morgan fingerprint density at radius 1 is 1.26 bits per heavy atom. The van der Waals surface area contributed by atoms with E-state index in [2.05, 4.69) is 9.55 Å². The van der Waals surface area contributed by atoms with Crippen LogP contribution in [-0.2, 0) is 18.3 Å². The zero-order valence-corrected chi connectivity index (χ0v) is 15.8. The summed E-state index contributed by atoms with van der Waals surface area (Å²) < 4.78 is 7.76. The Bertz CT molecular complexity index is 966. The van der Waals surface area contributed by atoms with Crippen LogP contribution < -0.4 is 4.74 Å². The molecule has 1 aromatic carbocycles. The molecule has 3 aromatic rings. The molecule has 0 bridgehead atoms. The van der Waals surface area contributed by atoms with Crippen molar-refractivity contribution in [2.24, 2.45) is 13.0 Å². The minimum atomic E-state index is 0.0485. The number of carbonyl (C=O) groups is 1. The van der Waals surface area contributed by atoms with Crippen LogP contribution in [0.15, 0.2) is 42.6 Å². The van der Waals surface area contributed by atoms with Gasteiger partial charge in [-0.1, -0.05) is 18.2 Å². The normalized spacial score (nSPS) is 16.8. The number of aromatic nitrogens is 3. The maximum atomic E-state index is 12.5. The van der Waals surface area contributed by atoms with Gasteiger partial charge in [0, 0.05) is 32.8 Å². The predicted octanol–water partition coefficient (Wildman–Crippen LogP) is 2.75. The van der Waals surface area contributed by atoms with Gasteiger partial charge in [-0.05, 0) is 43.0 Å². The molecule has 27 heavy (non-hydrogen) atoms. The Morgan fingerprint density at radius 2 is 2.11 bits per heavy atom. The molecule has 4 rings (SSSR count). The molecule has 1 saturated heterocycles. The Morgan fingerprint density at radius 3 is 2.93 bits per heavy atom. The van der Waals surface area contributed by atoms with E-state index in [9.17, 15) is 4.79 Å². The summed E-state index contributed by atoms with van der Waals surface area (Å²) in [5.74, 6) is 2.27. The van der Waals surface area contributed by atoms with Crippen molar-refractivity contribution in [2.45, 2.75) is 19.8 Å². The van der Waals surface area contributed by atoms with E-state index >= 15 is 0 Å². The van der Waals surface area contributed by atoms with E-state index in [0.717, 1.165) is 54.2 Å². The molecule has 1 amide bonds. The number of pyridine rings is 1. The number of nitrogens with zero attached hydrogens (tertiary/aromatic N) is 4. The van der Waals surface area contributed by atoms with E-state index in [1.165, 1.54) is 0 Å². The highest BCUT2D eigenvalue weighted by Gasteiger charge is 2.28. The second-order valence-electron chi connectivity index (χ2n) is 7.19. The van der Waals surface area contributed by atoms with Crippen LogP contribution >= 0.6 is 0 Å². The van der Waals surface area contributed by atoms with Gasteiger partial charge in [0.1, 0.15) is 17.1 Å². The van der Waals surface area contributed by atoms with Crippen LogP contribution in [0.3, 0.4) is 0 Å². The molecule has 0 saturated carbocycles. The van der Waals surface area contributed by atoms with E-state index in [1.807, 2.05) is 55.3 Å². The fourth-order valence-corrected chi connectivity index (χ4v) is 3.69. The zero-order valence-electron chi connectivity index (χ0n) is 15.8. The fourth-order valence-electron chi connectivity index (χ4n) is 3.69. The number of ether oxygens (including phenoxy) is 1. The number of hydrogen-bond acceptors (Lipinski definition) is 4. The van der Waals surface area contributed by atoms with Crippen molar-refractivity contribution >= 4 is 17.1 Å². The Labute approximate surface area is 158 Å². The highest BCUT2D eigenvalue weighted by molar-refractivity contribution is 5.78. The lowest BCUT2D eigenvalue weighted by molar-refractivity contribution is -0.132. The third-order valence-corrected chi connectivity index (χ3v) is 5.28. The topological polar surface area (TPSA) is 60.2 Å². The Balaban J connectivity index is 1.34. The average molecular weight is 364 g/mol. The molecular formula is C21H24N4O2. The molecule has 0 radical (unpaired) electrons. The number of benzene rings is 1. The summed E-state index contributed by atoms with van der Waals surface area (Å²) in [5, 5.41) is 0. The summed E-state index contributed by atoms with van der Waals surface area (Å²) in [6, 6.07) is 11.7. The lowest BCUT2D eigenvalue weighted by atomic mass is 10.0. The quantitative estimate of drug-likeness (QED) is 0.698. The second kappa shape index (κ2) is 7.39. The summed E-state index contributed by atoms with van der Waals surface area (Å²) in [6.07, 6.45) is 3.64. The number of rotatable bonds is 5. The molecule has 6 nitrogen and oxygen atoms in total. The first kappa shape index (κ1) is 17.5. The van der Waals surface area contributed by atoms with Crippen LogP contribution in [-0.4, -0.2) is 45.0 Å². The zero-order chi connectivity index (χ0) is 18.8. The molecule has 2 aromatic heterocycles. The molecule has 140 valence electrons. The van der Waals surface area contributed by atoms with Gasteiger partial charge in [0.15, 0.2) is 12.3 Å². The van der Waals surface area contributed by atoms with Gasteiger partial charge >= 0.3 is 0 Å². The van der Waals surface area contributed by atoms with Crippen molar-refractivity contribution in [2.75, 3.05) is 19.7 Å². The largest absolute Gasteiger partial charge is 0.484 e. The van der Waals surface area contributed by atoms with Gasteiger partial charge in [-0.2, -0.15) is 0 Å². The van der Waals surface area contributed by atoms with E-state index in [0.29, 0.717) is 5.92 Å². The van der Waals surface area contributed by atoms with Gasteiger partial charge in [-0.25, -0.2) is 9.97 Å². The molecule has 3 heterocycles. The molecule has 0 spiro atoms. The summed E-state index contributed by atoms with van der Waals surface area (Å²) in [7, 11) is 2.01. The highest BCUT2D eigenvalue weighted by Crippen LogP contribution is 2.23. The highest BCUT2D eigenvalue weighted by atomic mass is 16.5. The maximum absolute atomic E-state index is 12.5. The van der Waals surface area contributed by atoms with Crippen LogP contribution in [0, 0.1) is 12.8 Å². The number of aryl methyl sites for hydroxylation is 2. The van der Waals surface area contributed by atoms with E-state index in [4.69, 9.17) is 9.72 Å². The first-order valence-corrected chi connectivity index (χ1v) is 9.34. The van der Waals surface area contributed by atoms with Crippen molar-refractivity contribution in [3.05, 3.63) is 54.0 Å². The van der Waals surface area contributed by atoms with Crippen molar-refractivity contribution in [1.29, 1.82) is 0 Å². The summed E-state index contributed by atoms with van der Waals surface area (Å²) in [6.45, 7) is 3.61. The maximum Gasteiger partial charge on any atom is 0.260 e. The van der Waals surface area contributed by atoms with Gasteiger partial charge in [-0.3, -0.25) is 4.79 Å². The van der Waals surface area contributed by atoms with E-state index < -0.39 is 0 Å². The van der Waals surface area contributed by atoms with Crippen molar-refractivity contribution in [3.63, 3.8) is 0 Å². The number of hydrogen-bond donors (Lipinski definition) is 0. The van der Waals surface area contributed by atoms with Crippen LogP contribution in [0.2, 0.25) is 0 Å². The van der Waals surface area contributed by atoms with Crippen molar-refractivity contribution < 1.29 is 9.53 Å². The van der Waals surface area contributed by atoms with Crippen LogP contribution in [0.1, 0.15) is 17.8 Å². The molecule has 0 aliphatic carbocycles. The van der Waals surface area contributed by atoms with Gasteiger partial charge in [0.25, 0.3) is 5.91 Å². The van der Waals surface area contributed by atoms with Crippen LogP contribution in [0.4, 0.5) is 0 Å². The SMILES string of the molecule is Cc1ccccc1OCC(=O)N1CCC(Cc2nc3cccnc3n2C)C1. The molecule has 6 heteroatoms. The van der Waals surface area contributed by atoms with Gasteiger partial charge in [0.05, 0.1) is 0 Å². The lowest BCUT2D eigenvalue weighted by Crippen LogP contribution is -2.33. The minimum Gasteiger partial charge on any atom is -0.484 e.